The first kappa shape index (κ1) is 24.1. The van der Waals surface area contributed by atoms with Crippen LogP contribution < -0.4 is 4.74 Å². The number of nitrogens with zero attached hydrogens (tertiary/aromatic N) is 1. The lowest BCUT2D eigenvalue weighted by Gasteiger charge is -2.13. The van der Waals surface area contributed by atoms with Crippen LogP contribution in [-0.2, 0) is 25.7 Å². The third kappa shape index (κ3) is 6.45. The molecular formula is C24H23NO7S. The van der Waals surface area contributed by atoms with Crippen LogP contribution in [0.3, 0.4) is 0 Å². The number of methoxy groups -OCH3 is 1. The molecule has 0 aliphatic carbocycles. The van der Waals surface area contributed by atoms with Crippen LogP contribution in [0, 0.1) is 0 Å². The molecule has 0 unspecified atom stereocenters. The lowest BCUT2D eigenvalue weighted by molar-refractivity contribution is -0.149. The summed E-state index contributed by atoms with van der Waals surface area (Å²) in [6.45, 7) is 3.24. The number of ether oxygens (including phenoxy) is 3. The molecule has 0 atom stereocenters. The van der Waals surface area contributed by atoms with Crippen molar-refractivity contribution in [2.75, 3.05) is 13.7 Å². The molecule has 1 aliphatic rings. The Morgan fingerprint density at radius 3 is 2.48 bits per heavy atom. The van der Waals surface area contributed by atoms with Crippen LogP contribution in [0.25, 0.3) is 6.08 Å². The van der Waals surface area contributed by atoms with Gasteiger partial charge in [0, 0.05) is 0 Å². The molecule has 2 amide bonds. The third-order valence-electron chi connectivity index (χ3n) is 4.46. The number of benzene rings is 2. The molecule has 9 heteroatoms. The smallest absolute Gasteiger partial charge is 0.337 e. The van der Waals surface area contributed by atoms with Gasteiger partial charge in [0.05, 0.1) is 23.7 Å². The predicted octanol–water partition coefficient (Wildman–Crippen LogP) is 4.04. The summed E-state index contributed by atoms with van der Waals surface area (Å²) >= 11 is 0.771. The van der Waals surface area contributed by atoms with Gasteiger partial charge in [-0.15, -0.1) is 0 Å². The van der Waals surface area contributed by atoms with Crippen LogP contribution in [0.5, 0.6) is 5.75 Å². The van der Waals surface area contributed by atoms with Crippen molar-refractivity contribution >= 4 is 40.9 Å². The van der Waals surface area contributed by atoms with Gasteiger partial charge in [0.15, 0.2) is 0 Å². The number of imide groups is 1. The zero-order valence-corrected chi connectivity index (χ0v) is 19.2. The van der Waals surface area contributed by atoms with Crippen molar-refractivity contribution in [1.29, 1.82) is 0 Å². The van der Waals surface area contributed by atoms with Gasteiger partial charge < -0.3 is 14.2 Å². The molecule has 1 fully saturated rings. The van der Waals surface area contributed by atoms with Crippen molar-refractivity contribution in [2.24, 2.45) is 0 Å². The number of carbonyl (C=O) groups is 4. The highest BCUT2D eigenvalue weighted by Crippen LogP contribution is 2.32. The summed E-state index contributed by atoms with van der Waals surface area (Å²) in [4.78, 5) is 49.2. The van der Waals surface area contributed by atoms with Crippen molar-refractivity contribution in [3.8, 4) is 5.75 Å². The van der Waals surface area contributed by atoms with Crippen LogP contribution in [0.15, 0.2) is 53.4 Å². The minimum absolute atomic E-state index is 0.216. The molecule has 0 aromatic heterocycles. The molecule has 0 spiro atoms. The molecule has 1 aliphatic heterocycles. The molecule has 0 bridgehead atoms. The van der Waals surface area contributed by atoms with E-state index in [1.807, 2.05) is 0 Å². The number of hydrogen-bond acceptors (Lipinski definition) is 8. The van der Waals surface area contributed by atoms with Crippen molar-refractivity contribution in [2.45, 2.75) is 26.6 Å². The third-order valence-corrected chi connectivity index (χ3v) is 5.37. The average molecular weight is 470 g/mol. The Morgan fingerprint density at radius 1 is 1.09 bits per heavy atom. The van der Waals surface area contributed by atoms with Gasteiger partial charge in [-0.05, 0) is 67.1 Å². The molecule has 33 heavy (non-hydrogen) atoms. The van der Waals surface area contributed by atoms with E-state index in [1.165, 1.54) is 7.11 Å². The summed E-state index contributed by atoms with van der Waals surface area (Å²) in [7, 11) is 1.33. The first-order chi connectivity index (χ1) is 15.8. The number of amides is 2. The Bertz CT molecular complexity index is 1090. The molecule has 172 valence electrons. The van der Waals surface area contributed by atoms with Crippen LogP contribution in [0.2, 0.25) is 0 Å². The van der Waals surface area contributed by atoms with E-state index in [9.17, 15) is 19.2 Å². The van der Waals surface area contributed by atoms with Crippen molar-refractivity contribution in [1.82, 2.24) is 4.90 Å². The SMILES string of the molecule is COC(=O)c1ccc(COc2cccc(C=C3SC(=O)N(CC(=O)OC(C)C)C3=O)c2)cc1. The highest BCUT2D eigenvalue weighted by molar-refractivity contribution is 8.18. The molecule has 2 aromatic rings. The maximum Gasteiger partial charge on any atom is 0.337 e. The van der Waals surface area contributed by atoms with Gasteiger partial charge in [-0.25, -0.2) is 4.79 Å². The predicted molar refractivity (Wildman–Crippen MR) is 122 cm³/mol. The van der Waals surface area contributed by atoms with E-state index in [2.05, 4.69) is 4.74 Å². The Morgan fingerprint density at radius 2 is 1.82 bits per heavy atom. The quantitative estimate of drug-likeness (QED) is 0.422. The first-order valence-corrected chi connectivity index (χ1v) is 10.9. The fourth-order valence-electron chi connectivity index (χ4n) is 2.93. The maximum atomic E-state index is 12.6. The van der Waals surface area contributed by atoms with E-state index in [-0.39, 0.29) is 17.6 Å². The van der Waals surface area contributed by atoms with Crippen LogP contribution in [0.1, 0.15) is 35.3 Å². The highest BCUT2D eigenvalue weighted by atomic mass is 32.2. The molecule has 0 N–H and O–H groups in total. The fourth-order valence-corrected chi connectivity index (χ4v) is 3.77. The molecule has 0 saturated carbocycles. The second kappa shape index (κ2) is 10.8. The minimum atomic E-state index is -0.636. The number of rotatable bonds is 8. The lowest BCUT2D eigenvalue weighted by atomic mass is 10.1. The van der Waals surface area contributed by atoms with Gasteiger partial charge in [-0.2, -0.15) is 0 Å². The average Bonchev–Trinajstić information content (AvgIpc) is 3.04. The van der Waals surface area contributed by atoms with Gasteiger partial charge in [-0.1, -0.05) is 24.3 Å². The number of carbonyl (C=O) groups excluding carboxylic acids is 4. The minimum Gasteiger partial charge on any atom is -0.489 e. The monoisotopic (exact) mass is 469 g/mol. The Kier molecular flexibility index (Phi) is 7.89. The van der Waals surface area contributed by atoms with E-state index < -0.39 is 29.6 Å². The standard InChI is InChI=1S/C24H23NO7S/c1-15(2)32-21(26)13-25-22(27)20(33-24(25)29)12-17-5-4-6-19(11-17)31-14-16-7-9-18(10-8-16)23(28)30-3/h4-12,15H,13-14H2,1-3H3. The maximum absolute atomic E-state index is 12.6. The summed E-state index contributed by atoms with van der Waals surface area (Å²) in [5, 5.41) is -0.519. The Labute approximate surface area is 195 Å². The van der Waals surface area contributed by atoms with Crippen molar-refractivity contribution in [3.05, 3.63) is 70.1 Å². The Hall–Kier alpha value is -3.59. The van der Waals surface area contributed by atoms with Gasteiger partial charge in [0.2, 0.25) is 0 Å². The fraction of sp³-hybridized carbons (Fsp3) is 0.250. The molecule has 1 saturated heterocycles. The van der Waals surface area contributed by atoms with E-state index in [0.717, 1.165) is 22.2 Å². The highest BCUT2D eigenvalue weighted by Gasteiger charge is 2.36. The van der Waals surface area contributed by atoms with Gasteiger partial charge >= 0.3 is 11.9 Å². The summed E-state index contributed by atoms with van der Waals surface area (Å²) in [5.74, 6) is -1.01. The van der Waals surface area contributed by atoms with Gasteiger partial charge in [0.1, 0.15) is 18.9 Å². The summed E-state index contributed by atoms with van der Waals surface area (Å²) < 4.78 is 15.5. The zero-order chi connectivity index (χ0) is 24.0. The zero-order valence-electron chi connectivity index (χ0n) is 18.4. The first-order valence-electron chi connectivity index (χ1n) is 10.1. The van der Waals surface area contributed by atoms with E-state index in [1.54, 1.807) is 68.5 Å². The normalized spacial score (nSPS) is 14.7. The number of hydrogen-bond donors (Lipinski definition) is 0. The topological polar surface area (TPSA) is 99.2 Å². The van der Waals surface area contributed by atoms with Crippen molar-refractivity contribution < 1.29 is 33.4 Å². The Balaban J connectivity index is 1.64. The van der Waals surface area contributed by atoms with Crippen LogP contribution in [-0.4, -0.2) is 47.7 Å². The molecule has 8 nitrogen and oxygen atoms in total. The van der Waals surface area contributed by atoms with E-state index >= 15 is 0 Å². The number of esters is 2. The van der Waals surface area contributed by atoms with Crippen LogP contribution >= 0.6 is 11.8 Å². The summed E-state index contributed by atoms with van der Waals surface area (Å²) in [6, 6.07) is 13.9. The summed E-state index contributed by atoms with van der Waals surface area (Å²) in [5.41, 5.74) is 1.99. The molecular weight excluding hydrogens is 446 g/mol. The van der Waals surface area contributed by atoms with Gasteiger partial charge in [0.25, 0.3) is 11.1 Å². The van der Waals surface area contributed by atoms with Crippen LogP contribution in [0.4, 0.5) is 4.79 Å². The van der Waals surface area contributed by atoms with Crippen molar-refractivity contribution in [3.63, 3.8) is 0 Å². The molecule has 2 aromatic carbocycles. The van der Waals surface area contributed by atoms with E-state index in [0.29, 0.717) is 16.9 Å². The summed E-state index contributed by atoms with van der Waals surface area (Å²) in [6.07, 6.45) is 1.25. The lowest BCUT2D eigenvalue weighted by Crippen LogP contribution is -2.35. The molecule has 3 rings (SSSR count). The molecule has 1 heterocycles. The second-order valence-corrected chi connectivity index (χ2v) is 8.35. The van der Waals surface area contributed by atoms with Gasteiger partial charge in [-0.3, -0.25) is 19.3 Å². The second-order valence-electron chi connectivity index (χ2n) is 7.36. The molecule has 0 radical (unpaired) electrons. The van der Waals surface area contributed by atoms with E-state index in [4.69, 9.17) is 9.47 Å². The number of thioether (sulfide) groups is 1. The largest absolute Gasteiger partial charge is 0.489 e.